The molecule has 0 spiro atoms. The normalized spacial score (nSPS) is 16.1. The van der Waals surface area contributed by atoms with Crippen molar-refractivity contribution in [1.82, 2.24) is 9.47 Å². The Balaban J connectivity index is 1.66. The number of carbonyl (C=O) groups excluding carboxylic acids is 1. The summed E-state index contributed by atoms with van der Waals surface area (Å²) in [6.45, 7) is 7.71. The molecule has 0 radical (unpaired) electrons. The first-order valence-corrected chi connectivity index (χ1v) is 9.39. The Kier molecular flexibility index (Phi) is 4.48. The van der Waals surface area contributed by atoms with Gasteiger partial charge in [0.15, 0.2) is 0 Å². The molecule has 0 fully saturated rings. The van der Waals surface area contributed by atoms with Gasteiger partial charge >= 0.3 is 6.03 Å². The van der Waals surface area contributed by atoms with Gasteiger partial charge in [-0.3, -0.25) is 0 Å². The van der Waals surface area contributed by atoms with Crippen molar-refractivity contribution >= 4 is 11.7 Å². The average molecular weight is 359 g/mol. The van der Waals surface area contributed by atoms with Crippen LogP contribution in [-0.2, 0) is 6.54 Å². The fourth-order valence-electron chi connectivity index (χ4n) is 3.72. The van der Waals surface area contributed by atoms with Crippen molar-refractivity contribution in [2.45, 2.75) is 33.4 Å². The number of amides is 2. The number of nitrogens with one attached hydrogen (secondary N) is 1. The molecule has 4 heteroatoms. The zero-order valence-electron chi connectivity index (χ0n) is 16.1. The summed E-state index contributed by atoms with van der Waals surface area (Å²) in [6.07, 6.45) is 2.09. The highest BCUT2D eigenvalue weighted by Gasteiger charge is 2.32. The molecule has 4 nitrogen and oxygen atoms in total. The van der Waals surface area contributed by atoms with Crippen molar-refractivity contribution in [3.05, 3.63) is 88.7 Å². The molecule has 2 aromatic carbocycles. The summed E-state index contributed by atoms with van der Waals surface area (Å²) in [5.74, 6) is 0. The highest BCUT2D eigenvalue weighted by atomic mass is 16.2. The van der Waals surface area contributed by atoms with E-state index in [4.69, 9.17) is 0 Å². The minimum atomic E-state index is -0.0825. The standard InChI is InChI=1S/C23H25N3O/c1-16-6-9-19(10-7-16)22-21-5-4-12-25(21)13-14-26(22)23(27)24-20-11-8-17(2)18(3)15-20/h4-12,15,22H,13-14H2,1-3H3,(H,24,27)/t22-/m0/s1. The first kappa shape index (κ1) is 17.4. The predicted molar refractivity (Wildman–Crippen MR) is 109 cm³/mol. The summed E-state index contributed by atoms with van der Waals surface area (Å²) >= 11 is 0. The lowest BCUT2D eigenvalue weighted by molar-refractivity contribution is 0.182. The number of hydrogen-bond donors (Lipinski definition) is 1. The molecule has 1 aliphatic rings. The highest BCUT2D eigenvalue weighted by molar-refractivity contribution is 5.90. The van der Waals surface area contributed by atoms with Crippen LogP contribution < -0.4 is 5.32 Å². The highest BCUT2D eigenvalue weighted by Crippen LogP contribution is 2.33. The molecule has 4 rings (SSSR count). The third-order valence-corrected chi connectivity index (χ3v) is 5.45. The van der Waals surface area contributed by atoms with Crippen LogP contribution in [0.1, 0.15) is 34.0 Å². The molecule has 0 saturated heterocycles. The Hall–Kier alpha value is -3.01. The molecular weight excluding hydrogens is 334 g/mol. The van der Waals surface area contributed by atoms with Gasteiger partial charge in [-0.05, 0) is 61.7 Å². The zero-order chi connectivity index (χ0) is 19.0. The SMILES string of the molecule is Cc1ccc([C@H]2c3cccn3CCN2C(=O)Nc2ccc(C)c(C)c2)cc1. The summed E-state index contributed by atoms with van der Waals surface area (Å²) in [7, 11) is 0. The largest absolute Gasteiger partial charge is 0.348 e. The first-order valence-electron chi connectivity index (χ1n) is 9.39. The Labute approximate surface area is 160 Å². The maximum atomic E-state index is 13.2. The van der Waals surface area contributed by atoms with Gasteiger partial charge in [-0.1, -0.05) is 35.9 Å². The molecule has 0 aliphatic carbocycles. The van der Waals surface area contributed by atoms with Crippen molar-refractivity contribution in [3.8, 4) is 0 Å². The second-order valence-electron chi connectivity index (χ2n) is 7.36. The Bertz CT molecular complexity index is 972. The third-order valence-electron chi connectivity index (χ3n) is 5.45. The molecule has 1 N–H and O–H groups in total. The number of benzene rings is 2. The Morgan fingerprint density at radius 3 is 2.48 bits per heavy atom. The zero-order valence-corrected chi connectivity index (χ0v) is 16.1. The van der Waals surface area contributed by atoms with Crippen molar-refractivity contribution < 1.29 is 4.79 Å². The van der Waals surface area contributed by atoms with Gasteiger partial charge in [0.25, 0.3) is 0 Å². The lowest BCUT2D eigenvalue weighted by Crippen LogP contribution is -2.44. The molecule has 2 heterocycles. The second-order valence-corrected chi connectivity index (χ2v) is 7.36. The summed E-state index contributed by atoms with van der Waals surface area (Å²) in [5.41, 5.74) is 6.75. The summed E-state index contributed by atoms with van der Waals surface area (Å²) in [6, 6.07) is 18.5. The summed E-state index contributed by atoms with van der Waals surface area (Å²) in [4.78, 5) is 15.1. The van der Waals surface area contributed by atoms with Crippen molar-refractivity contribution in [2.75, 3.05) is 11.9 Å². The fraction of sp³-hybridized carbons (Fsp3) is 0.261. The van der Waals surface area contributed by atoms with Crippen LogP contribution >= 0.6 is 0 Å². The summed E-state index contributed by atoms with van der Waals surface area (Å²) < 4.78 is 2.24. The van der Waals surface area contributed by atoms with Crippen molar-refractivity contribution in [3.63, 3.8) is 0 Å². The van der Waals surface area contributed by atoms with Crippen LogP contribution in [0.15, 0.2) is 60.8 Å². The van der Waals surface area contributed by atoms with Crippen LogP contribution in [0.5, 0.6) is 0 Å². The van der Waals surface area contributed by atoms with E-state index in [0.717, 1.165) is 23.5 Å². The molecule has 1 aromatic heterocycles. The number of aryl methyl sites for hydroxylation is 3. The number of anilines is 1. The number of rotatable bonds is 2. The Morgan fingerprint density at radius 1 is 0.963 bits per heavy atom. The van der Waals surface area contributed by atoms with Gasteiger partial charge in [0.1, 0.15) is 0 Å². The van der Waals surface area contributed by atoms with E-state index >= 15 is 0 Å². The maximum Gasteiger partial charge on any atom is 0.322 e. The molecule has 1 aliphatic heterocycles. The van der Waals surface area contributed by atoms with Crippen LogP contribution in [0.2, 0.25) is 0 Å². The van der Waals surface area contributed by atoms with E-state index in [9.17, 15) is 4.79 Å². The van der Waals surface area contributed by atoms with Crippen molar-refractivity contribution in [2.24, 2.45) is 0 Å². The lowest BCUT2D eigenvalue weighted by Gasteiger charge is -2.37. The van der Waals surface area contributed by atoms with Crippen LogP contribution in [0, 0.1) is 20.8 Å². The average Bonchev–Trinajstić information content (AvgIpc) is 3.13. The number of carbonyl (C=O) groups is 1. The molecule has 27 heavy (non-hydrogen) atoms. The number of fused-ring (bicyclic) bond motifs is 1. The quantitative estimate of drug-likeness (QED) is 0.683. The first-order chi connectivity index (χ1) is 13.0. The molecule has 3 aromatic rings. The third kappa shape index (κ3) is 3.35. The minimum absolute atomic E-state index is 0.0590. The Morgan fingerprint density at radius 2 is 1.74 bits per heavy atom. The molecule has 0 bridgehead atoms. The van der Waals surface area contributed by atoms with Gasteiger partial charge < -0.3 is 14.8 Å². The second kappa shape index (κ2) is 6.95. The van der Waals surface area contributed by atoms with Crippen molar-refractivity contribution in [1.29, 1.82) is 0 Å². The molecule has 2 amide bonds. The fourth-order valence-corrected chi connectivity index (χ4v) is 3.72. The monoisotopic (exact) mass is 359 g/mol. The molecule has 0 saturated carbocycles. The van der Waals surface area contributed by atoms with Gasteiger partial charge in [-0.15, -0.1) is 0 Å². The topological polar surface area (TPSA) is 37.3 Å². The van der Waals surface area contributed by atoms with Gasteiger partial charge in [0.2, 0.25) is 0 Å². The van der Waals surface area contributed by atoms with E-state index in [1.54, 1.807) is 0 Å². The van der Waals surface area contributed by atoms with E-state index in [2.05, 4.69) is 73.3 Å². The van der Waals surface area contributed by atoms with E-state index in [-0.39, 0.29) is 12.1 Å². The molecule has 1 atom stereocenters. The van der Waals surface area contributed by atoms with E-state index in [1.165, 1.54) is 16.7 Å². The molecule has 138 valence electrons. The van der Waals surface area contributed by atoms with Crippen LogP contribution in [-0.4, -0.2) is 22.0 Å². The minimum Gasteiger partial charge on any atom is -0.348 e. The van der Waals surface area contributed by atoms with E-state index < -0.39 is 0 Å². The molecular formula is C23H25N3O. The van der Waals surface area contributed by atoms with Gasteiger partial charge in [-0.2, -0.15) is 0 Å². The number of nitrogens with zero attached hydrogens (tertiary/aromatic N) is 2. The smallest absolute Gasteiger partial charge is 0.322 e. The van der Waals surface area contributed by atoms with Gasteiger partial charge in [0.05, 0.1) is 6.04 Å². The maximum absolute atomic E-state index is 13.2. The van der Waals surface area contributed by atoms with Crippen LogP contribution in [0.3, 0.4) is 0 Å². The number of hydrogen-bond acceptors (Lipinski definition) is 1. The van der Waals surface area contributed by atoms with Gasteiger partial charge in [0, 0.05) is 30.7 Å². The van der Waals surface area contributed by atoms with Crippen LogP contribution in [0.4, 0.5) is 10.5 Å². The van der Waals surface area contributed by atoms with Crippen LogP contribution in [0.25, 0.3) is 0 Å². The predicted octanol–water partition coefficient (Wildman–Crippen LogP) is 5.05. The number of urea groups is 1. The summed E-state index contributed by atoms with van der Waals surface area (Å²) in [5, 5.41) is 3.09. The van der Waals surface area contributed by atoms with Gasteiger partial charge in [-0.25, -0.2) is 4.79 Å². The van der Waals surface area contributed by atoms with E-state index in [1.807, 2.05) is 23.1 Å². The number of aromatic nitrogens is 1. The molecule has 0 unspecified atom stereocenters. The van der Waals surface area contributed by atoms with E-state index in [0.29, 0.717) is 6.54 Å². The lowest BCUT2D eigenvalue weighted by atomic mass is 9.99.